The van der Waals surface area contributed by atoms with E-state index in [2.05, 4.69) is 0 Å². The van der Waals surface area contributed by atoms with Crippen molar-refractivity contribution in [2.75, 3.05) is 13.6 Å². The van der Waals surface area contributed by atoms with E-state index in [1.165, 1.54) is 28.2 Å². The van der Waals surface area contributed by atoms with Gasteiger partial charge in [0.25, 0.3) is 5.91 Å². The van der Waals surface area contributed by atoms with E-state index in [0.717, 1.165) is 17.7 Å². The minimum atomic E-state index is -0.484. The Morgan fingerprint density at radius 1 is 1.41 bits per heavy atom. The van der Waals surface area contributed by atoms with Crippen LogP contribution in [0.1, 0.15) is 33.0 Å². The first-order valence-corrected chi connectivity index (χ1v) is 6.55. The Balaban J connectivity index is 2.14. The number of hydrogen-bond donors (Lipinski definition) is 1. The average Bonchev–Trinajstić information content (AvgIpc) is 2.70. The number of nitrogens with two attached hydrogens (primary N) is 1. The molecule has 1 heterocycles. The van der Waals surface area contributed by atoms with Gasteiger partial charge in [0.15, 0.2) is 0 Å². The number of thiophene rings is 1. The monoisotopic (exact) mass is 252 g/mol. The van der Waals surface area contributed by atoms with Crippen molar-refractivity contribution in [3.05, 3.63) is 21.4 Å². The third-order valence-corrected chi connectivity index (χ3v) is 4.17. The van der Waals surface area contributed by atoms with Gasteiger partial charge in [-0.15, -0.1) is 11.3 Å². The number of nitrogens with zero attached hydrogens (tertiary/aromatic N) is 1. The molecule has 0 aliphatic heterocycles. The van der Waals surface area contributed by atoms with Crippen LogP contribution in [0.4, 0.5) is 0 Å². The topological polar surface area (TPSA) is 63.4 Å². The summed E-state index contributed by atoms with van der Waals surface area (Å²) >= 11 is 1.56. The number of aryl methyl sites for hydroxylation is 2. The standard InChI is InChI=1S/C12H16N2O2S/c1-14(7-11(13)15)12(16)10-6-8-4-2-3-5-9(8)17-10/h6H,2-5,7H2,1H3,(H2,13,15). The second-order valence-electron chi connectivity index (χ2n) is 4.39. The van der Waals surface area contributed by atoms with E-state index in [-0.39, 0.29) is 12.5 Å². The third kappa shape index (κ3) is 2.66. The Morgan fingerprint density at radius 2 is 2.12 bits per heavy atom. The highest BCUT2D eigenvalue weighted by Crippen LogP contribution is 2.30. The van der Waals surface area contributed by atoms with Gasteiger partial charge in [-0.3, -0.25) is 9.59 Å². The van der Waals surface area contributed by atoms with Crippen molar-refractivity contribution in [1.29, 1.82) is 0 Å². The molecule has 0 unspecified atom stereocenters. The van der Waals surface area contributed by atoms with Crippen LogP contribution in [0.5, 0.6) is 0 Å². The Bertz CT molecular complexity index is 430. The molecule has 0 atom stereocenters. The summed E-state index contributed by atoms with van der Waals surface area (Å²) in [5, 5.41) is 0. The Labute approximate surface area is 104 Å². The van der Waals surface area contributed by atoms with Gasteiger partial charge in [0.2, 0.25) is 5.91 Å². The van der Waals surface area contributed by atoms with E-state index in [1.54, 1.807) is 18.4 Å². The van der Waals surface area contributed by atoms with E-state index >= 15 is 0 Å². The molecule has 0 spiro atoms. The van der Waals surface area contributed by atoms with E-state index in [1.807, 2.05) is 6.07 Å². The van der Waals surface area contributed by atoms with Gasteiger partial charge in [0.05, 0.1) is 11.4 Å². The summed E-state index contributed by atoms with van der Waals surface area (Å²) < 4.78 is 0. The summed E-state index contributed by atoms with van der Waals surface area (Å²) in [6, 6.07) is 1.97. The van der Waals surface area contributed by atoms with Crippen molar-refractivity contribution in [2.24, 2.45) is 5.73 Å². The van der Waals surface area contributed by atoms with E-state index in [0.29, 0.717) is 0 Å². The summed E-state index contributed by atoms with van der Waals surface area (Å²) in [6.45, 7) is -0.0264. The van der Waals surface area contributed by atoms with Crippen LogP contribution in [0, 0.1) is 0 Å². The molecule has 0 fully saturated rings. The molecule has 1 aromatic rings. The summed E-state index contributed by atoms with van der Waals surface area (Å²) in [4.78, 5) is 26.2. The van der Waals surface area contributed by atoms with Crippen molar-refractivity contribution in [1.82, 2.24) is 4.90 Å². The van der Waals surface area contributed by atoms with Gasteiger partial charge in [-0.25, -0.2) is 0 Å². The van der Waals surface area contributed by atoms with Crippen LogP contribution >= 0.6 is 11.3 Å². The van der Waals surface area contributed by atoms with Gasteiger partial charge in [-0.1, -0.05) is 0 Å². The summed E-state index contributed by atoms with van der Waals surface area (Å²) in [5.74, 6) is -0.592. The van der Waals surface area contributed by atoms with Crippen LogP contribution in [0.3, 0.4) is 0 Å². The summed E-state index contributed by atoms with van der Waals surface area (Å²) in [5.41, 5.74) is 6.38. The van der Waals surface area contributed by atoms with Crippen molar-refractivity contribution in [2.45, 2.75) is 25.7 Å². The lowest BCUT2D eigenvalue weighted by molar-refractivity contribution is -0.118. The molecule has 2 N–H and O–H groups in total. The summed E-state index contributed by atoms with van der Waals surface area (Å²) in [6.07, 6.45) is 4.55. The fourth-order valence-corrected chi connectivity index (χ4v) is 3.34. The molecule has 0 saturated carbocycles. The van der Waals surface area contributed by atoms with Crippen LogP contribution in [0.25, 0.3) is 0 Å². The highest BCUT2D eigenvalue weighted by atomic mass is 32.1. The van der Waals surface area contributed by atoms with Crippen LogP contribution in [-0.4, -0.2) is 30.3 Å². The highest BCUT2D eigenvalue weighted by Gasteiger charge is 2.20. The molecule has 0 radical (unpaired) electrons. The maximum atomic E-state index is 12.0. The highest BCUT2D eigenvalue weighted by molar-refractivity contribution is 7.14. The van der Waals surface area contributed by atoms with Gasteiger partial charge in [-0.2, -0.15) is 0 Å². The molecule has 1 aliphatic rings. The number of likely N-dealkylation sites (N-methyl/N-ethyl adjacent to an activating group) is 1. The molecule has 2 rings (SSSR count). The number of fused-ring (bicyclic) bond motifs is 1. The average molecular weight is 252 g/mol. The SMILES string of the molecule is CN(CC(N)=O)C(=O)c1cc2c(s1)CCCC2. The maximum Gasteiger partial charge on any atom is 0.264 e. The number of hydrogen-bond acceptors (Lipinski definition) is 3. The lowest BCUT2D eigenvalue weighted by atomic mass is 9.99. The zero-order valence-corrected chi connectivity index (χ0v) is 10.7. The van der Waals surface area contributed by atoms with Crippen LogP contribution in [-0.2, 0) is 17.6 Å². The first-order chi connectivity index (χ1) is 8.08. The molecule has 2 amide bonds. The number of rotatable bonds is 3. The molecule has 0 saturated heterocycles. The summed E-state index contributed by atoms with van der Waals surface area (Å²) in [7, 11) is 1.60. The van der Waals surface area contributed by atoms with Crippen molar-refractivity contribution >= 4 is 23.2 Å². The quantitative estimate of drug-likeness (QED) is 0.878. The number of amides is 2. The van der Waals surface area contributed by atoms with Crippen molar-refractivity contribution < 1.29 is 9.59 Å². The largest absolute Gasteiger partial charge is 0.368 e. The zero-order chi connectivity index (χ0) is 12.4. The van der Waals surface area contributed by atoms with E-state index in [9.17, 15) is 9.59 Å². The molecule has 1 aromatic heterocycles. The zero-order valence-electron chi connectivity index (χ0n) is 9.86. The molecule has 0 aromatic carbocycles. The lowest BCUT2D eigenvalue weighted by Crippen LogP contribution is -2.34. The predicted octanol–water partition coefficient (Wildman–Crippen LogP) is 1.18. The van der Waals surface area contributed by atoms with Crippen LogP contribution in [0.15, 0.2) is 6.07 Å². The van der Waals surface area contributed by atoms with Crippen LogP contribution < -0.4 is 5.73 Å². The molecule has 17 heavy (non-hydrogen) atoms. The smallest absolute Gasteiger partial charge is 0.264 e. The Hall–Kier alpha value is -1.36. The predicted molar refractivity (Wildman–Crippen MR) is 67.1 cm³/mol. The molecule has 4 nitrogen and oxygen atoms in total. The number of carbonyl (C=O) groups excluding carboxylic acids is 2. The third-order valence-electron chi connectivity index (χ3n) is 2.95. The van der Waals surface area contributed by atoms with Crippen LogP contribution in [0.2, 0.25) is 0 Å². The Kier molecular flexibility index (Phi) is 3.47. The molecular formula is C12H16N2O2S. The lowest BCUT2D eigenvalue weighted by Gasteiger charge is -2.13. The van der Waals surface area contributed by atoms with Gasteiger partial charge < -0.3 is 10.6 Å². The van der Waals surface area contributed by atoms with Gasteiger partial charge in [-0.05, 0) is 37.3 Å². The second kappa shape index (κ2) is 4.87. The molecule has 0 bridgehead atoms. The number of primary amides is 1. The maximum absolute atomic E-state index is 12.0. The molecule has 5 heteroatoms. The molecule has 92 valence electrons. The van der Waals surface area contributed by atoms with Crippen molar-refractivity contribution in [3.63, 3.8) is 0 Å². The second-order valence-corrected chi connectivity index (χ2v) is 5.53. The Morgan fingerprint density at radius 3 is 2.76 bits per heavy atom. The fourth-order valence-electron chi connectivity index (χ4n) is 2.09. The van der Waals surface area contributed by atoms with Crippen molar-refractivity contribution in [3.8, 4) is 0 Å². The van der Waals surface area contributed by atoms with Gasteiger partial charge in [0.1, 0.15) is 0 Å². The molecular weight excluding hydrogens is 236 g/mol. The first kappa shape index (κ1) is 12.1. The van der Waals surface area contributed by atoms with Gasteiger partial charge >= 0.3 is 0 Å². The number of carbonyl (C=O) groups is 2. The first-order valence-electron chi connectivity index (χ1n) is 5.73. The van der Waals surface area contributed by atoms with E-state index in [4.69, 9.17) is 5.73 Å². The minimum Gasteiger partial charge on any atom is -0.368 e. The van der Waals surface area contributed by atoms with Gasteiger partial charge in [0, 0.05) is 11.9 Å². The van der Waals surface area contributed by atoms with E-state index < -0.39 is 5.91 Å². The fraction of sp³-hybridized carbons (Fsp3) is 0.500. The molecule has 1 aliphatic carbocycles. The minimum absolute atomic E-state index is 0.0264. The normalized spacial score (nSPS) is 14.2.